The molecule has 0 saturated carbocycles. The van der Waals surface area contributed by atoms with E-state index in [4.69, 9.17) is 4.74 Å². The molecule has 0 aliphatic carbocycles. The number of ether oxygens (including phenoxy) is 1. The number of thioether (sulfide) groups is 1. The first-order chi connectivity index (χ1) is 5.70. The molecule has 70 valence electrons. The van der Waals surface area contributed by atoms with Gasteiger partial charge in [0.1, 0.15) is 0 Å². The largest absolute Gasteiger partial charge is 0.378 e. The Balaban J connectivity index is 2.00. The van der Waals surface area contributed by atoms with E-state index in [1.165, 1.54) is 18.6 Å². The SMILES string of the molecule is CC1CSC2(CCOC(C)C2)N1. The van der Waals surface area contributed by atoms with E-state index in [9.17, 15) is 0 Å². The van der Waals surface area contributed by atoms with E-state index in [2.05, 4.69) is 30.9 Å². The van der Waals surface area contributed by atoms with E-state index < -0.39 is 0 Å². The summed E-state index contributed by atoms with van der Waals surface area (Å²) in [5.74, 6) is 1.26. The van der Waals surface area contributed by atoms with Crippen LogP contribution in [0.3, 0.4) is 0 Å². The van der Waals surface area contributed by atoms with Gasteiger partial charge in [-0.05, 0) is 20.3 Å². The van der Waals surface area contributed by atoms with Gasteiger partial charge in [0.25, 0.3) is 0 Å². The molecule has 3 heteroatoms. The maximum atomic E-state index is 5.55. The maximum Gasteiger partial charge on any atom is 0.0694 e. The van der Waals surface area contributed by atoms with Crippen LogP contribution in [0.1, 0.15) is 26.7 Å². The third kappa shape index (κ3) is 1.63. The Kier molecular flexibility index (Phi) is 2.36. The monoisotopic (exact) mass is 187 g/mol. The van der Waals surface area contributed by atoms with E-state index in [1.54, 1.807) is 0 Å². The normalized spacial score (nSPS) is 48.5. The number of hydrogen-bond acceptors (Lipinski definition) is 3. The summed E-state index contributed by atoms with van der Waals surface area (Å²) in [5.41, 5.74) is 0. The van der Waals surface area contributed by atoms with Gasteiger partial charge < -0.3 is 4.74 Å². The highest BCUT2D eigenvalue weighted by molar-refractivity contribution is 8.00. The predicted octanol–water partition coefficient (Wildman–Crippen LogP) is 1.61. The fraction of sp³-hybridized carbons (Fsp3) is 1.00. The smallest absolute Gasteiger partial charge is 0.0694 e. The van der Waals surface area contributed by atoms with Crippen molar-refractivity contribution in [2.75, 3.05) is 12.4 Å². The minimum absolute atomic E-state index is 0.358. The molecule has 0 amide bonds. The molecule has 2 fully saturated rings. The topological polar surface area (TPSA) is 21.3 Å². The van der Waals surface area contributed by atoms with Crippen molar-refractivity contribution in [3.05, 3.63) is 0 Å². The minimum atomic E-state index is 0.358. The summed E-state index contributed by atoms with van der Waals surface area (Å²) in [6.45, 7) is 5.36. The molecule has 3 atom stereocenters. The molecule has 3 unspecified atom stereocenters. The van der Waals surface area contributed by atoms with Crippen molar-refractivity contribution in [3.8, 4) is 0 Å². The van der Waals surface area contributed by atoms with Gasteiger partial charge in [0, 0.05) is 24.8 Å². The molecule has 2 aliphatic rings. The van der Waals surface area contributed by atoms with Crippen molar-refractivity contribution in [1.82, 2.24) is 5.32 Å². The van der Waals surface area contributed by atoms with Crippen LogP contribution < -0.4 is 5.32 Å². The molecular formula is C9H17NOS. The summed E-state index contributed by atoms with van der Waals surface area (Å²) in [4.78, 5) is 0.358. The van der Waals surface area contributed by atoms with Crippen LogP contribution in [0.5, 0.6) is 0 Å². The van der Waals surface area contributed by atoms with Crippen molar-refractivity contribution in [2.24, 2.45) is 0 Å². The molecule has 0 aromatic carbocycles. The highest BCUT2D eigenvalue weighted by Crippen LogP contribution is 2.40. The van der Waals surface area contributed by atoms with Crippen LogP contribution >= 0.6 is 11.8 Å². The lowest BCUT2D eigenvalue weighted by molar-refractivity contribution is 0.00596. The zero-order valence-electron chi connectivity index (χ0n) is 7.80. The third-order valence-electron chi connectivity index (χ3n) is 2.64. The van der Waals surface area contributed by atoms with Crippen LogP contribution in [-0.2, 0) is 4.74 Å². The van der Waals surface area contributed by atoms with Crippen LogP contribution in [-0.4, -0.2) is 29.4 Å². The lowest BCUT2D eigenvalue weighted by Gasteiger charge is -2.36. The fourth-order valence-corrected chi connectivity index (χ4v) is 3.65. The predicted molar refractivity (Wildman–Crippen MR) is 52.4 cm³/mol. The average Bonchev–Trinajstić information content (AvgIpc) is 2.32. The third-order valence-corrected chi connectivity index (χ3v) is 4.35. The first-order valence-electron chi connectivity index (χ1n) is 4.73. The second-order valence-corrected chi connectivity index (χ2v) is 5.39. The van der Waals surface area contributed by atoms with Gasteiger partial charge in [-0.15, -0.1) is 11.8 Å². The van der Waals surface area contributed by atoms with E-state index in [1.807, 2.05) is 0 Å². The van der Waals surface area contributed by atoms with Gasteiger partial charge in [-0.25, -0.2) is 0 Å². The molecular weight excluding hydrogens is 170 g/mol. The van der Waals surface area contributed by atoms with Gasteiger partial charge in [-0.2, -0.15) is 0 Å². The van der Waals surface area contributed by atoms with Crippen molar-refractivity contribution in [1.29, 1.82) is 0 Å². The van der Waals surface area contributed by atoms with Gasteiger partial charge in [-0.1, -0.05) is 0 Å². The molecule has 0 bridgehead atoms. The first kappa shape index (κ1) is 8.85. The Morgan fingerprint density at radius 2 is 2.33 bits per heavy atom. The van der Waals surface area contributed by atoms with Crippen molar-refractivity contribution in [2.45, 2.75) is 43.7 Å². The summed E-state index contributed by atoms with van der Waals surface area (Å²) in [6, 6.07) is 0.681. The molecule has 2 heterocycles. The first-order valence-corrected chi connectivity index (χ1v) is 5.72. The Hall–Kier alpha value is 0.270. The Morgan fingerprint density at radius 3 is 2.92 bits per heavy atom. The van der Waals surface area contributed by atoms with Crippen LogP contribution in [0.25, 0.3) is 0 Å². The summed E-state index contributed by atoms with van der Waals surface area (Å²) in [5, 5.41) is 3.68. The van der Waals surface area contributed by atoms with E-state index in [0.29, 0.717) is 17.0 Å². The van der Waals surface area contributed by atoms with Crippen molar-refractivity contribution in [3.63, 3.8) is 0 Å². The highest BCUT2D eigenvalue weighted by atomic mass is 32.2. The Bertz CT molecular complexity index is 172. The summed E-state index contributed by atoms with van der Waals surface area (Å²) < 4.78 is 5.55. The summed E-state index contributed by atoms with van der Waals surface area (Å²) >= 11 is 2.09. The number of rotatable bonds is 0. The molecule has 2 aliphatic heterocycles. The van der Waals surface area contributed by atoms with Gasteiger partial charge in [0.15, 0.2) is 0 Å². The second kappa shape index (κ2) is 3.20. The van der Waals surface area contributed by atoms with Crippen LogP contribution in [0.15, 0.2) is 0 Å². The van der Waals surface area contributed by atoms with Crippen molar-refractivity contribution < 1.29 is 4.74 Å². The minimum Gasteiger partial charge on any atom is -0.378 e. The Labute approximate surface area is 78.4 Å². The molecule has 0 aromatic heterocycles. The van der Waals surface area contributed by atoms with Gasteiger partial charge in [0.2, 0.25) is 0 Å². The quantitative estimate of drug-likeness (QED) is 0.622. The molecule has 2 nitrogen and oxygen atoms in total. The van der Waals surface area contributed by atoms with E-state index in [0.717, 1.165) is 6.61 Å². The van der Waals surface area contributed by atoms with Crippen molar-refractivity contribution >= 4 is 11.8 Å². The standard InChI is InChI=1S/C9H17NOS/c1-7-6-12-9(10-7)3-4-11-8(2)5-9/h7-8,10H,3-6H2,1-2H3. The average molecular weight is 187 g/mol. The lowest BCUT2D eigenvalue weighted by atomic mass is 10.0. The highest BCUT2D eigenvalue weighted by Gasteiger charge is 2.40. The fourth-order valence-electron chi connectivity index (χ4n) is 2.13. The number of hydrogen-bond donors (Lipinski definition) is 1. The summed E-state index contributed by atoms with van der Waals surface area (Å²) in [6.07, 6.45) is 2.78. The molecule has 1 spiro atoms. The van der Waals surface area contributed by atoms with Crippen LogP contribution in [0.4, 0.5) is 0 Å². The van der Waals surface area contributed by atoms with Gasteiger partial charge >= 0.3 is 0 Å². The van der Waals surface area contributed by atoms with Gasteiger partial charge in [0.05, 0.1) is 11.0 Å². The molecule has 2 rings (SSSR count). The molecule has 0 radical (unpaired) electrons. The Morgan fingerprint density at radius 1 is 1.50 bits per heavy atom. The molecule has 12 heavy (non-hydrogen) atoms. The zero-order chi connectivity index (χ0) is 8.60. The van der Waals surface area contributed by atoms with Gasteiger partial charge in [-0.3, -0.25) is 5.32 Å². The molecule has 2 saturated heterocycles. The van der Waals surface area contributed by atoms with Crippen LogP contribution in [0, 0.1) is 0 Å². The molecule has 0 aromatic rings. The van der Waals surface area contributed by atoms with E-state index >= 15 is 0 Å². The lowest BCUT2D eigenvalue weighted by Crippen LogP contribution is -2.47. The van der Waals surface area contributed by atoms with Crippen LogP contribution in [0.2, 0.25) is 0 Å². The number of nitrogens with one attached hydrogen (secondary N) is 1. The second-order valence-electron chi connectivity index (χ2n) is 3.99. The summed E-state index contributed by atoms with van der Waals surface area (Å²) in [7, 11) is 0. The maximum absolute atomic E-state index is 5.55. The zero-order valence-corrected chi connectivity index (χ0v) is 8.62. The molecule has 1 N–H and O–H groups in total. The van der Waals surface area contributed by atoms with E-state index in [-0.39, 0.29) is 0 Å².